The standard InChI is InChI=1S/C24H25ClF3N5O3/c1-33(2)8-4-5-22(34)32-20-12-16-19(13-21(20)36-10-9-35-3)29-14-30-23(16)31-15-6-7-18(25)17(11-15)24(26,27)28/h4-7,11-14H,8-10H2,1-3H3,(H,32,34)(H,29,30,31)/b5-4+. The van der Waals surface area contributed by atoms with Gasteiger partial charge in [-0.1, -0.05) is 17.7 Å². The van der Waals surface area contributed by atoms with Crippen LogP contribution < -0.4 is 15.4 Å². The fourth-order valence-electron chi connectivity index (χ4n) is 3.14. The van der Waals surface area contributed by atoms with E-state index in [2.05, 4.69) is 20.6 Å². The Kier molecular flexibility index (Phi) is 9.08. The zero-order valence-corrected chi connectivity index (χ0v) is 20.6. The molecule has 36 heavy (non-hydrogen) atoms. The average Bonchev–Trinajstić information content (AvgIpc) is 2.80. The van der Waals surface area contributed by atoms with Gasteiger partial charge in [0.25, 0.3) is 0 Å². The van der Waals surface area contributed by atoms with Crippen molar-refractivity contribution in [2.45, 2.75) is 6.18 Å². The zero-order valence-electron chi connectivity index (χ0n) is 19.8. The molecule has 0 bridgehead atoms. The number of anilines is 3. The summed E-state index contributed by atoms with van der Waals surface area (Å²) in [6.07, 6.45) is -0.242. The number of methoxy groups -OCH3 is 1. The van der Waals surface area contributed by atoms with Crippen molar-refractivity contribution >= 4 is 45.6 Å². The molecule has 0 atom stereocenters. The van der Waals surface area contributed by atoms with Gasteiger partial charge in [-0.3, -0.25) is 4.79 Å². The number of rotatable bonds is 10. The first-order valence-corrected chi connectivity index (χ1v) is 11.1. The van der Waals surface area contributed by atoms with E-state index in [1.807, 2.05) is 19.0 Å². The number of ether oxygens (including phenoxy) is 2. The van der Waals surface area contributed by atoms with Crippen molar-refractivity contribution in [3.05, 3.63) is 59.4 Å². The third kappa shape index (κ3) is 7.30. The largest absolute Gasteiger partial charge is 0.489 e. The highest BCUT2D eigenvalue weighted by molar-refractivity contribution is 6.31. The molecule has 2 aromatic carbocycles. The summed E-state index contributed by atoms with van der Waals surface area (Å²) in [5.41, 5.74) is -0.0581. The lowest BCUT2D eigenvalue weighted by molar-refractivity contribution is -0.137. The Morgan fingerprint density at radius 2 is 1.94 bits per heavy atom. The van der Waals surface area contributed by atoms with Crippen LogP contribution in [0.15, 0.2) is 48.8 Å². The smallest absolute Gasteiger partial charge is 0.417 e. The van der Waals surface area contributed by atoms with E-state index in [1.54, 1.807) is 18.2 Å². The van der Waals surface area contributed by atoms with Gasteiger partial charge in [0.05, 0.1) is 28.4 Å². The van der Waals surface area contributed by atoms with Gasteiger partial charge in [-0.05, 0) is 38.4 Å². The predicted molar refractivity (Wildman–Crippen MR) is 133 cm³/mol. The Bertz CT molecular complexity index is 1250. The molecule has 0 aliphatic carbocycles. The molecule has 2 N–H and O–H groups in total. The minimum absolute atomic E-state index is 0.129. The van der Waals surface area contributed by atoms with E-state index in [4.69, 9.17) is 21.1 Å². The van der Waals surface area contributed by atoms with E-state index in [-0.39, 0.29) is 24.0 Å². The third-order valence-electron chi connectivity index (χ3n) is 4.81. The topological polar surface area (TPSA) is 88.6 Å². The lowest BCUT2D eigenvalue weighted by Crippen LogP contribution is -2.14. The number of benzene rings is 2. The first kappa shape index (κ1) is 27.2. The van der Waals surface area contributed by atoms with Gasteiger partial charge in [-0.15, -0.1) is 0 Å². The van der Waals surface area contributed by atoms with E-state index in [0.29, 0.717) is 35.5 Å². The van der Waals surface area contributed by atoms with E-state index in [0.717, 1.165) is 12.1 Å². The average molecular weight is 524 g/mol. The summed E-state index contributed by atoms with van der Waals surface area (Å²) in [6.45, 7) is 1.12. The summed E-state index contributed by atoms with van der Waals surface area (Å²) in [4.78, 5) is 22.8. The second-order valence-electron chi connectivity index (χ2n) is 7.90. The van der Waals surface area contributed by atoms with Gasteiger partial charge in [-0.2, -0.15) is 13.2 Å². The molecule has 3 aromatic rings. The van der Waals surface area contributed by atoms with E-state index >= 15 is 0 Å². The number of halogens is 4. The Morgan fingerprint density at radius 1 is 1.17 bits per heavy atom. The summed E-state index contributed by atoms with van der Waals surface area (Å²) < 4.78 is 50.7. The minimum Gasteiger partial charge on any atom is -0.489 e. The van der Waals surface area contributed by atoms with Crippen LogP contribution in [0.4, 0.5) is 30.4 Å². The quantitative estimate of drug-likeness (QED) is 0.281. The van der Waals surface area contributed by atoms with Crippen LogP contribution >= 0.6 is 11.6 Å². The number of nitrogens with zero attached hydrogens (tertiary/aromatic N) is 3. The van der Waals surface area contributed by atoms with Crippen molar-refractivity contribution in [1.29, 1.82) is 0 Å². The Hall–Kier alpha value is -3.41. The lowest BCUT2D eigenvalue weighted by Gasteiger charge is -2.16. The van der Waals surface area contributed by atoms with Gasteiger partial charge in [0.2, 0.25) is 5.91 Å². The van der Waals surface area contributed by atoms with Gasteiger partial charge in [0.15, 0.2) is 0 Å². The maximum atomic E-state index is 13.3. The Morgan fingerprint density at radius 3 is 2.64 bits per heavy atom. The van der Waals surface area contributed by atoms with Crippen molar-refractivity contribution < 1.29 is 27.4 Å². The first-order valence-electron chi connectivity index (χ1n) is 10.7. The van der Waals surface area contributed by atoms with Crippen LogP contribution in [-0.2, 0) is 15.7 Å². The van der Waals surface area contributed by atoms with Crippen molar-refractivity contribution in [1.82, 2.24) is 14.9 Å². The second-order valence-corrected chi connectivity index (χ2v) is 8.31. The molecule has 0 aliphatic rings. The highest BCUT2D eigenvalue weighted by Gasteiger charge is 2.33. The molecule has 0 aliphatic heterocycles. The SMILES string of the molecule is COCCOc1cc2ncnc(Nc3ccc(Cl)c(C(F)(F)F)c3)c2cc1NC(=O)/C=C/CN(C)C. The normalized spacial score (nSPS) is 11.9. The summed E-state index contributed by atoms with van der Waals surface area (Å²) in [7, 11) is 5.29. The molecule has 0 unspecified atom stereocenters. The van der Waals surface area contributed by atoms with Crippen LogP contribution in [0.3, 0.4) is 0 Å². The number of nitrogens with one attached hydrogen (secondary N) is 2. The highest BCUT2D eigenvalue weighted by atomic mass is 35.5. The second kappa shape index (κ2) is 12.0. The lowest BCUT2D eigenvalue weighted by atomic mass is 10.1. The van der Waals surface area contributed by atoms with Gasteiger partial charge in [-0.25, -0.2) is 9.97 Å². The number of alkyl halides is 3. The number of aromatic nitrogens is 2. The summed E-state index contributed by atoms with van der Waals surface area (Å²) in [5, 5.41) is 5.69. The fourth-order valence-corrected chi connectivity index (χ4v) is 3.36. The number of fused-ring (bicyclic) bond motifs is 1. The molecular formula is C24H25ClF3N5O3. The molecule has 1 amide bonds. The molecular weight excluding hydrogens is 499 g/mol. The van der Waals surface area contributed by atoms with Crippen molar-refractivity contribution in [3.63, 3.8) is 0 Å². The number of hydrogen-bond donors (Lipinski definition) is 2. The predicted octanol–water partition coefficient (Wildman–Crippen LogP) is 5.13. The molecule has 1 heterocycles. The van der Waals surface area contributed by atoms with Crippen LogP contribution in [-0.4, -0.2) is 61.7 Å². The monoisotopic (exact) mass is 523 g/mol. The molecule has 0 saturated carbocycles. The molecule has 12 heteroatoms. The molecule has 0 radical (unpaired) electrons. The summed E-state index contributed by atoms with van der Waals surface area (Å²) in [6, 6.07) is 6.67. The van der Waals surface area contributed by atoms with Gasteiger partial charge in [0, 0.05) is 36.9 Å². The molecule has 0 fully saturated rings. The molecule has 8 nitrogen and oxygen atoms in total. The van der Waals surface area contributed by atoms with Crippen LogP contribution in [0, 0.1) is 0 Å². The van der Waals surface area contributed by atoms with Crippen LogP contribution in [0.25, 0.3) is 10.9 Å². The van der Waals surface area contributed by atoms with Crippen LogP contribution in [0.1, 0.15) is 5.56 Å². The Balaban J connectivity index is 1.99. The van der Waals surface area contributed by atoms with Crippen molar-refractivity contribution in [3.8, 4) is 5.75 Å². The van der Waals surface area contributed by atoms with Crippen molar-refractivity contribution in [2.24, 2.45) is 0 Å². The zero-order chi connectivity index (χ0) is 26.3. The molecule has 0 spiro atoms. The van der Waals surface area contributed by atoms with Gasteiger partial charge >= 0.3 is 6.18 Å². The highest BCUT2D eigenvalue weighted by Crippen LogP contribution is 2.38. The Labute approximate surface area is 211 Å². The number of amides is 1. The first-order chi connectivity index (χ1) is 17.1. The molecule has 1 aromatic heterocycles. The van der Waals surface area contributed by atoms with E-state index < -0.39 is 16.8 Å². The maximum absolute atomic E-state index is 13.3. The van der Waals surface area contributed by atoms with E-state index in [9.17, 15) is 18.0 Å². The molecule has 192 valence electrons. The number of likely N-dealkylation sites (N-methyl/N-ethyl adjacent to an activating group) is 1. The van der Waals surface area contributed by atoms with Crippen LogP contribution in [0.5, 0.6) is 5.75 Å². The minimum atomic E-state index is -4.62. The third-order valence-corrected chi connectivity index (χ3v) is 5.14. The van der Waals surface area contributed by atoms with Gasteiger partial charge in [0.1, 0.15) is 24.5 Å². The molecule has 0 saturated heterocycles. The van der Waals surface area contributed by atoms with Gasteiger partial charge < -0.3 is 25.0 Å². The number of carbonyl (C=O) groups is 1. The number of hydrogen-bond acceptors (Lipinski definition) is 7. The summed E-state index contributed by atoms with van der Waals surface area (Å²) in [5.74, 6) is 0.202. The summed E-state index contributed by atoms with van der Waals surface area (Å²) >= 11 is 5.73. The van der Waals surface area contributed by atoms with Crippen molar-refractivity contribution in [2.75, 3.05) is 51.6 Å². The van der Waals surface area contributed by atoms with Crippen LogP contribution in [0.2, 0.25) is 5.02 Å². The maximum Gasteiger partial charge on any atom is 0.417 e. The fraction of sp³-hybridized carbons (Fsp3) is 0.292. The number of carbonyl (C=O) groups excluding carboxylic acids is 1. The molecule has 3 rings (SSSR count). The van der Waals surface area contributed by atoms with E-state index in [1.165, 1.54) is 25.6 Å².